The summed E-state index contributed by atoms with van der Waals surface area (Å²) in [6, 6.07) is 3.93. The van der Waals surface area contributed by atoms with Crippen LogP contribution in [0.25, 0.3) is 0 Å². The Morgan fingerprint density at radius 3 is 2.87 bits per heavy atom. The molecule has 2 rings (SSSR count). The zero-order chi connectivity index (χ0) is 10.7. The Morgan fingerprint density at radius 2 is 2.13 bits per heavy atom. The second-order valence-corrected chi connectivity index (χ2v) is 4.07. The van der Waals surface area contributed by atoms with E-state index in [2.05, 4.69) is 27.8 Å². The first-order chi connectivity index (χ1) is 7.31. The quantitative estimate of drug-likeness (QED) is 0.673. The highest BCUT2D eigenvalue weighted by Crippen LogP contribution is 2.36. The minimum Gasteiger partial charge on any atom is -0.454 e. The lowest BCUT2D eigenvalue weighted by molar-refractivity contribution is 0.174. The molecule has 80 valence electrons. The third kappa shape index (κ3) is 2.33. The molecule has 3 nitrogen and oxygen atoms in total. The molecule has 0 saturated carbocycles. The summed E-state index contributed by atoms with van der Waals surface area (Å²) in [5.41, 5.74) is 1.15. The van der Waals surface area contributed by atoms with Crippen molar-refractivity contribution in [3.63, 3.8) is 0 Å². The maximum absolute atomic E-state index is 5.31. The largest absolute Gasteiger partial charge is 0.454 e. The molecule has 1 aliphatic rings. The summed E-state index contributed by atoms with van der Waals surface area (Å²) in [6.07, 6.45) is 1.83. The van der Waals surface area contributed by atoms with E-state index in [9.17, 15) is 0 Å². The van der Waals surface area contributed by atoms with Crippen LogP contribution in [0.1, 0.15) is 5.56 Å². The molecule has 0 saturated heterocycles. The Labute approximate surface area is 97.2 Å². The predicted molar refractivity (Wildman–Crippen MR) is 62.2 cm³/mol. The van der Waals surface area contributed by atoms with Gasteiger partial charge in [-0.2, -0.15) is 0 Å². The molecule has 0 atom stereocenters. The first-order valence-electron chi connectivity index (χ1n) is 4.71. The first kappa shape index (κ1) is 10.5. The van der Waals surface area contributed by atoms with Crippen molar-refractivity contribution in [3.05, 3.63) is 34.8 Å². The zero-order valence-corrected chi connectivity index (χ0v) is 9.84. The molecule has 1 aromatic rings. The Bertz CT molecular complexity index is 379. The number of nitrogens with one attached hydrogen (secondary N) is 1. The Kier molecular flexibility index (Phi) is 3.28. The number of fused-ring (bicyclic) bond motifs is 1. The molecule has 0 aromatic heterocycles. The second-order valence-electron chi connectivity index (χ2n) is 3.22. The van der Waals surface area contributed by atoms with E-state index >= 15 is 0 Å². The van der Waals surface area contributed by atoms with E-state index in [-0.39, 0.29) is 0 Å². The van der Waals surface area contributed by atoms with Crippen molar-refractivity contribution >= 4 is 15.9 Å². The molecule has 4 heteroatoms. The van der Waals surface area contributed by atoms with Gasteiger partial charge in [0.2, 0.25) is 6.79 Å². The number of hydrogen-bond acceptors (Lipinski definition) is 3. The first-order valence-corrected chi connectivity index (χ1v) is 5.50. The lowest BCUT2D eigenvalue weighted by Gasteiger charge is -2.06. The minimum atomic E-state index is 0.311. The van der Waals surface area contributed by atoms with Crippen molar-refractivity contribution in [2.24, 2.45) is 0 Å². The lowest BCUT2D eigenvalue weighted by Crippen LogP contribution is -2.12. The Balaban J connectivity index is 2.13. The Morgan fingerprint density at radius 1 is 1.40 bits per heavy atom. The molecule has 0 spiro atoms. The van der Waals surface area contributed by atoms with Gasteiger partial charge in [0.15, 0.2) is 11.5 Å². The summed E-state index contributed by atoms with van der Waals surface area (Å²) < 4.78 is 11.6. The van der Waals surface area contributed by atoms with E-state index in [1.165, 1.54) is 0 Å². The summed E-state index contributed by atoms with van der Waals surface area (Å²) in [5, 5.41) is 3.24. The van der Waals surface area contributed by atoms with Crippen LogP contribution in [0.5, 0.6) is 11.5 Å². The molecule has 1 N–H and O–H groups in total. The molecule has 0 bridgehead atoms. The fourth-order valence-corrected chi connectivity index (χ4v) is 1.87. The van der Waals surface area contributed by atoms with Crippen molar-refractivity contribution < 1.29 is 9.47 Å². The zero-order valence-electron chi connectivity index (χ0n) is 8.25. The number of halogens is 1. The van der Waals surface area contributed by atoms with Gasteiger partial charge in [0.1, 0.15) is 0 Å². The molecule has 15 heavy (non-hydrogen) atoms. The van der Waals surface area contributed by atoms with Crippen LogP contribution < -0.4 is 14.8 Å². The number of hydrogen-bond donors (Lipinski definition) is 1. The Hall–Kier alpha value is -1.00. The fraction of sp³-hybridized carbons (Fsp3) is 0.273. The van der Waals surface area contributed by atoms with Crippen LogP contribution in [0.15, 0.2) is 29.3 Å². The van der Waals surface area contributed by atoms with Gasteiger partial charge in [-0.25, -0.2) is 0 Å². The summed E-state index contributed by atoms with van der Waals surface area (Å²) in [6.45, 7) is 5.54. The van der Waals surface area contributed by atoms with E-state index < -0.39 is 0 Å². The average molecular weight is 270 g/mol. The molecule has 1 aromatic carbocycles. The number of ether oxygens (including phenoxy) is 2. The third-order valence-electron chi connectivity index (χ3n) is 2.15. The van der Waals surface area contributed by atoms with Crippen LogP contribution in [0.2, 0.25) is 0 Å². The van der Waals surface area contributed by atoms with Gasteiger partial charge in [-0.15, -0.1) is 6.58 Å². The van der Waals surface area contributed by atoms with E-state index in [0.29, 0.717) is 6.79 Å². The van der Waals surface area contributed by atoms with Crippen LogP contribution in [0.4, 0.5) is 0 Å². The van der Waals surface area contributed by atoms with Gasteiger partial charge in [0.05, 0.1) is 0 Å². The molecule has 0 fully saturated rings. The summed E-state index contributed by atoms with van der Waals surface area (Å²) in [4.78, 5) is 0. The van der Waals surface area contributed by atoms with E-state index in [1.54, 1.807) is 0 Å². The normalized spacial score (nSPS) is 12.9. The van der Waals surface area contributed by atoms with Crippen molar-refractivity contribution in [2.75, 3.05) is 13.3 Å². The van der Waals surface area contributed by atoms with E-state index in [1.807, 2.05) is 18.2 Å². The number of rotatable bonds is 4. The van der Waals surface area contributed by atoms with E-state index in [4.69, 9.17) is 9.47 Å². The van der Waals surface area contributed by atoms with Gasteiger partial charge >= 0.3 is 0 Å². The summed E-state index contributed by atoms with van der Waals surface area (Å²) in [7, 11) is 0. The molecule has 0 aliphatic carbocycles. The van der Waals surface area contributed by atoms with Crippen molar-refractivity contribution in [3.8, 4) is 11.5 Å². The molecule has 1 heterocycles. The van der Waals surface area contributed by atoms with Crippen LogP contribution >= 0.6 is 15.9 Å². The molecule has 1 aliphatic heterocycles. The smallest absolute Gasteiger partial charge is 0.231 e. The molecule has 0 radical (unpaired) electrons. The topological polar surface area (TPSA) is 30.5 Å². The fourth-order valence-electron chi connectivity index (χ4n) is 1.40. The van der Waals surface area contributed by atoms with Gasteiger partial charge in [-0.05, 0) is 17.7 Å². The van der Waals surface area contributed by atoms with Gasteiger partial charge in [0.25, 0.3) is 0 Å². The van der Waals surface area contributed by atoms with Crippen molar-refractivity contribution in [1.29, 1.82) is 0 Å². The molecule has 0 amide bonds. The second kappa shape index (κ2) is 4.68. The maximum Gasteiger partial charge on any atom is 0.231 e. The van der Waals surface area contributed by atoms with Crippen LogP contribution in [0, 0.1) is 0 Å². The minimum absolute atomic E-state index is 0.311. The van der Waals surface area contributed by atoms with E-state index in [0.717, 1.165) is 34.6 Å². The standard InChI is InChI=1S/C11H12BrNO2/c1-2-3-13-6-8-4-10-11(5-9(8)12)15-7-14-10/h2,4-5,13H,1,3,6-7H2. The van der Waals surface area contributed by atoms with Gasteiger partial charge in [0, 0.05) is 17.6 Å². The predicted octanol–water partition coefficient (Wildman–Crippen LogP) is 2.45. The third-order valence-corrected chi connectivity index (χ3v) is 2.88. The highest BCUT2D eigenvalue weighted by Gasteiger charge is 2.15. The monoisotopic (exact) mass is 269 g/mol. The highest BCUT2D eigenvalue weighted by molar-refractivity contribution is 9.10. The van der Waals surface area contributed by atoms with Crippen molar-refractivity contribution in [1.82, 2.24) is 5.32 Å². The summed E-state index contributed by atoms with van der Waals surface area (Å²) in [5.74, 6) is 1.61. The number of benzene rings is 1. The molecular formula is C11H12BrNO2. The maximum atomic E-state index is 5.31. The van der Waals surface area contributed by atoms with Gasteiger partial charge in [-0.3, -0.25) is 0 Å². The van der Waals surface area contributed by atoms with Crippen molar-refractivity contribution in [2.45, 2.75) is 6.54 Å². The molecule has 0 unspecified atom stereocenters. The van der Waals surface area contributed by atoms with Gasteiger partial charge in [-0.1, -0.05) is 22.0 Å². The SMILES string of the molecule is C=CCNCc1cc2c(cc1Br)OCO2. The van der Waals surface area contributed by atoms with Gasteiger partial charge < -0.3 is 14.8 Å². The van der Waals surface area contributed by atoms with Crippen LogP contribution in [-0.4, -0.2) is 13.3 Å². The van der Waals surface area contributed by atoms with Crippen LogP contribution in [0.3, 0.4) is 0 Å². The summed E-state index contributed by atoms with van der Waals surface area (Å²) >= 11 is 3.50. The highest BCUT2D eigenvalue weighted by atomic mass is 79.9. The average Bonchev–Trinajstić information content (AvgIpc) is 2.65. The molecular weight excluding hydrogens is 258 g/mol. The lowest BCUT2D eigenvalue weighted by atomic mass is 10.2. The van der Waals surface area contributed by atoms with Crippen LogP contribution in [-0.2, 0) is 6.54 Å².